The molecule has 88 valence electrons. The second kappa shape index (κ2) is 5.41. The summed E-state index contributed by atoms with van der Waals surface area (Å²) >= 11 is 1.77. The molecule has 2 rings (SSSR count). The van der Waals surface area contributed by atoms with Gasteiger partial charge in [-0.05, 0) is 12.8 Å². The molecule has 0 radical (unpaired) electrons. The van der Waals surface area contributed by atoms with Crippen LogP contribution < -0.4 is 10.6 Å². The molecule has 1 aliphatic carbocycles. The average Bonchev–Trinajstić information content (AvgIpc) is 2.63. The van der Waals surface area contributed by atoms with Gasteiger partial charge in [0, 0.05) is 30.6 Å². The normalized spacial score (nSPS) is 15.8. The molecule has 1 aromatic heterocycles. The molecule has 0 atom stereocenters. The van der Waals surface area contributed by atoms with E-state index in [2.05, 4.69) is 15.6 Å². The Labute approximate surface area is 99.5 Å². The second-order valence-electron chi connectivity index (χ2n) is 4.07. The van der Waals surface area contributed by atoms with Crippen molar-refractivity contribution in [1.29, 1.82) is 0 Å². The van der Waals surface area contributed by atoms with E-state index in [1.807, 2.05) is 6.20 Å². The van der Waals surface area contributed by atoms with Gasteiger partial charge in [0.05, 0.1) is 11.6 Å². The predicted octanol–water partition coefficient (Wildman–Crippen LogP) is 1.25. The Balaban J connectivity index is 1.76. The van der Waals surface area contributed by atoms with E-state index in [4.69, 9.17) is 0 Å². The zero-order chi connectivity index (χ0) is 11.4. The highest BCUT2D eigenvalue weighted by molar-refractivity contribution is 7.11. The SMILES string of the molecule is CNC(=O)CNCc1cnc(C2CCC2)s1. The monoisotopic (exact) mass is 239 g/mol. The van der Waals surface area contributed by atoms with Crippen LogP contribution in [0.15, 0.2) is 6.20 Å². The molecule has 2 N–H and O–H groups in total. The molecule has 0 bridgehead atoms. The Morgan fingerprint density at radius 1 is 1.62 bits per heavy atom. The fourth-order valence-electron chi connectivity index (χ4n) is 1.64. The van der Waals surface area contributed by atoms with Gasteiger partial charge in [0.2, 0.25) is 5.91 Å². The number of hydrogen-bond acceptors (Lipinski definition) is 4. The lowest BCUT2D eigenvalue weighted by Gasteiger charge is -2.22. The van der Waals surface area contributed by atoms with Crippen LogP contribution in [0, 0.1) is 0 Å². The van der Waals surface area contributed by atoms with Crippen LogP contribution in [-0.4, -0.2) is 24.5 Å². The van der Waals surface area contributed by atoms with Crippen LogP contribution in [-0.2, 0) is 11.3 Å². The summed E-state index contributed by atoms with van der Waals surface area (Å²) in [6.07, 6.45) is 5.85. The van der Waals surface area contributed by atoms with Crippen LogP contribution >= 0.6 is 11.3 Å². The van der Waals surface area contributed by atoms with Crippen LogP contribution in [0.5, 0.6) is 0 Å². The number of aromatic nitrogens is 1. The van der Waals surface area contributed by atoms with E-state index in [0.29, 0.717) is 12.5 Å². The summed E-state index contributed by atoms with van der Waals surface area (Å²) in [6, 6.07) is 0. The Morgan fingerprint density at radius 3 is 3.06 bits per heavy atom. The molecule has 1 saturated carbocycles. The summed E-state index contributed by atoms with van der Waals surface area (Å²) < 4.78 is 0. The summed E-state index contributed by atoms with van der Waals surface area (Å²) in [5.74, 6) is 0.724. The van der Waals surface area contributed by atoms with Crippen molar-refractivity contribution >= 4 is 17.2 Å². The molecule has 0 spiro atoms. The minimum absolute atomic E-state index is 0.0173. The minimum atomic E-state index is 0.0173. The van der Waals surface area contributed by atoms with Crippen molar-refractivity contribution in [1.82, 2.24) is 15.6 Å². The van der Waals surface area contributed by atoms with Gasteiger partial charge in [0.15, 0.2) is 0 Å². The number of hydrogen-bond donors (Lipinski definition) is 2. The highest BCUT2D eigenvalue weighted by atomic mass is 32.1. The van der Waals surface area contributed by atoms with Gasteiger partial charge in [-0.25, -0.2) is 4.98 Å². The third-order valence-electron chi connectivity index (χ3n) is 2.89. The summed E-state index contributed by atoms with van der Waals surface area (Å²) in [6.45, 7) is 1.10. The molecule has 0 unspecified atom stereocenters. The first-order valence-corrected chi connectivity index (χ1v) is 6.47. The Bertz CT molecular complexity index is 360. The van der Waals surface area contributed by atoms with Crippen LogP contribution in [0.25, 0.3) is 0 Å². The number of carbonyl (C=O) groups excluding carboxylic acids is 1. The number of nitrogens with zero attached hydrogens (tertiary/aromatic N) is 1. The molecule has 5 heteroatoms. The quantitative estimate of drug-likeness (QED) is 0.813. The van der Waals surface area contributed by atoms with Gasteiger partial charge >= 0.3 is 0 Å². The molecular weight excluding hydrogens is 222 g/mol. The Morgan fingerprint density at radius 2 is 2.44 bits per heavy atom. The van der Waals surface area contributed by atoms with E-state index in [-0.39, 0.29) is 5.91 Å². The number of carbonyl (C=O) groups is 1. The predicted molar refractivity (Wildman–Crippen MR) is 64.5 cm³/mol. The molecule has 16 heavy (non-hydrogen) atoms. The molecule has 4 nitrogen and oxygen atoms in total. The van der Waals surface area contributed by atoms with Gasteiger partial charge in [0.1, 0.15) is 0 Å². The minimum Gasteiger partial charge on any atom is -0.358 e. The standard InChI is InChI=1S/C11H17N3OS/c1-12-10(15)7-13-5-9-6-14-11(16-9)8-3-2-4-8/h6,8,13H,2-5,7H2,1H3,(H,12,15). The van der Waals surface area contributed by atoms with Crippen LogP contribution in [0.2, 0.25) is 0 Å². The first kappa shape index (κ1) is 11.5. The summed E-state index contributed by atoms with van der Waals surface area (Å²) in [5, 5.41) is 6.94. The molecular formula is C11H17N3OS. The molecule has 1 heterocycles. The summed E-state index contributed by atoms with van der Waals surface area (Å²) in [4.78, 5) is 16.6. The van der Waals surface area contributed by atoms with Gasteiger partial charge in [-0.2, -0.15) is 0 Å². The fourth-order valence-corrected chi connectivity index (χ4v) is 2.69. The van der Waals surface area contributed by atoms with E-state index in [9.17, 15) is 4.79 Å². The van der Waals surface area contributed by atoms with E-state index in [1.165, 1.54) is 29.1 Å². The van der Waals surface area contributed by atoms with Gasteiger partial charge in [-0.15, -0.1) is 11.3 Å². The number of amides is 1. The first-order valence-electron chi connectivity index (χ1n) is 5.65. The highest BCUT2D eigenvalue weighted by Gasteiger charge is 2.22. The van der Waals surface area contributed by atoms with Gasteiger partial charge in [0.25, 0.3) is 0 Å². The van der Waals surface area contributed by atoms with E-state index >= 15 is 0 Å². The van der Waals surface area contributed by atoms with Crippen molar-refractivity contribution in [3.05, 3.63) is 16.1 Å². The molecule has 1 fully saturated rings. The van der Waals surface area contributed by atoms with Gasteiger partial charge in [-0.1, -0.05) is 6.42 Å². The zero-order valence-corrected chi connectivity index (χ0v) is 10.3. The van der Waals surface area contributed by atoms with Gasteiger partial charge < -0.3 is 10.6 Å². The fraction of sp³-hybridized carbons (Fsp3) is 0.636. The molecule has 1 amide bonds. The zero-order valence-electron chi connectivity index (χ0n) is 9.45. The van der Waals surface area contributed by atoms with Crippen LogP contribution in [0.3, 0.4) is 0 Å². The average molecular weight is 239 g/mol. The molecule has 0 saturated heterocycles. The topological polar surface area (TPSA) is 54.0 Å². The highest BCUT2D eigenvalue weighted by Crippen LogP contribution is 2.38. The van der Waals surface area contributed by atoms with Gasteiger partial charge in [-0.3, -0.25) is 4.79 Å². The number of nitrogens with one attached hydrogen (secondary N) is 2. The van der Waals surface area contributed by atoms with E-state index in [0.717, 1.165) is 6.54 Å². The van der Waals surface area contributed by atoms with Crippen molar-refractivity contribution in [2.24, 2.45) is 0 Å². The van der Waals surface area contributed by atoms with Crippen LogP contribution in [0.1, 0.15) is 35.1 Å². The first-order chi connectivity index (χ1) is 7.79. The molecule has 0 aliphatic heterocycles. The second-order valence-corrected chi connectivity index (χ2v) is 5.22. The summed E-state index contributed by atoms with van der Waals surface area (Å²) in [5.41, 5.74) is 0. The van der Waals surface area contributed by atoms with Crippen molar-refractivity contribution in [2.75, 3.05) is 13.6 Å². The van der Waals surface area contributed by atoms with Crippen molar-refractivity contribution in [2.45, 2.75) is 31.7 Å². The maximum Gasteiger partial charge on any atom is 0.233 e. The molecule has 1 aliphatic rings. The summed E-state index contributed by atoms with van der Waals surface area (Å²) in [7, 11) is 1.64. The third-order valence-corrected chi connectivity index (χ3v) is 4.05. The lowest BCUT2D eigenvalue weighted by atomic mass is 9.86. The smallest absolute Gasteiger partial charge is 0.233 e. The number of likely N-dealkylation sites (N-methyl/N-ethyl adjacent to an activating group) is 1. The lowest BCUT2D eigenvalue weighted by molar-refractivity contribution is -0.119. The maximum atomic E-state index is 11.0. The van der Waals surface area contributed by atoms with E-state index in [1.54, 1.807) is 18.4 Å². The number of rotatable bonds is 5. The third kappa shape index (κ3) is 2.80. The molecule has 0 aromatic carbocycles. The van der Waals surface area contributed by atoms with Crippen molar-refractivity contribution in [3.63, 3.8) is 0 Å². The van der Waals surface area contributed by atoms with Crippen LogP contribution in [0.4, 0.5) is 0 Å². The lowest BCUT2D eigenvalue weighted by Crippen LogP contribution is -2.30. The maximum absolute atomic E-state index is 11.0. The van der Waals surface area contributed by atoms with Crippen molar-refractivity contribution in [3.8, 4) is 0 Å². The largest absolute Gasteiger partial charge is 0.358 e. The van der Waals surface area contributed by atoms with Crippen molar-refractivity contribution < 1.29 is 4.79 Å². The van der Waals surface area contributed by atoms with E-state index < -0.39 is 0 Å². The molecule has 1 aromatic rings. The Kier molecular flexibility index (Phi) is 3.90. The Hall–Kier alpha value is -0.940. The number of thiazole rings is 1.